The van der Waals surface area contributed by atoms with E-state index < -0.39 is 6.67 Å². The largest absolute Gasteiger partial charge is 0.246 e. The second-order valence-corrected chi connectivity index (χ2v) is 4.78. The van der Waals surface area contributed by atoms with Gasteiger partial charge in [-0.25, -0.2) is 4.39 Å². The second-order valence-electron chi connectivity index (χ2n) is 4.78. The Kier molecular flexibility index (Phi) is 3.60. The van der Waals surface area contributed by atoms with E-state index in [1.807, 2.05) is 66.7 Å². The molecule has 1 heteroatoms. The summed E-state index contributed by atoms with van der Waals surface area (Å²) in [4.78, 5) is 0. The van der Waals surface area contributed by atoms with Crippen LogP contribution in [0.25, 0.3) is 22.4 Å². The van der Waals surface area contributed by atoms with Gasteiger partial charge in [-0.05, 0) is 39.6 Å². The summed E-state index contributed by atoms with van der Waals surface area (Å²) in [5.74, 6) is 0. The molecule has 0 fully saturated rings. The molecule has 0 aliphatic heterocycles. The van der Waals surface area contributed by atoms with Gasteiger partial charge in [0.15, 0.2) is 0 Å². The van der Waals surface area contributed by atoms with Crippen LogP contribution < -0.4 is 0 Å². The van der Waals surface area contributed by atoms with Gasteiger partial charge in [-0.1, -0.05) is 66.7 Å². The van der Waals surface area contributed by atoms with Crippen molar-refractivity contribution in [3.05, 3.63) is 83.9 Å². The molecule has 0 saturated heterocycles. The van der Waals surface area contributed by atoms with Gasteiger partial charge in [0, 0.05) is 0 Å². The Labute approximate surface area is 118 Å². The van der Waals surface area contributed by atoms with Crippen LogP contribution in [0.4, 0.5) is 4.39 Å². The number of allylic oxidation sites excluding steroid dienone is 1. The molecule has 0 heterocycles. The molecule has 3 aromatic carbocycles. The van der Waals surface area contributed by atoms with Gasteiger partial charge in [0.1, 0.15) is 6.67 Å². The quantitative estimate of drug-likeness (QED) is 0.558. The zero-order valence-corrected chi connectivity index (χ0v) is 11.1. The first kappa shape index (κ1) is 12.6. The monoisotopic (exact) mass is 262 g/mol. The van der Waals surface area contributed by atoms with E-state index >= 15 is 0 Å². The molecule has 0 bridgehead atoms. The highest BCUT2D eigenvalue weighted by Gasteiger charge is 2.03. The van der Waals surface area contributed by atoms with Gasteiger partial charge >= 0.3 is 0 Å². The van der Waals surface area contributed by atoms with Crippen molar-refractivity contribution in [1.82, 2.24) is 0 Å². The van der Waals surface area contributed by atoms with Crippen molar-refractivity contribution in [2.45, 2.75) is 0 Å². The topological polar surface area (TPSA) is 0 Å². The molecule has 0 aliphatic rings. The third-order valence-electron chi connectivity index (χ3n) is 3.40. The fourth-order valence-corrected chi connectivity index (χ4v) is 2.34. The van der Waals surface area contributed by atoms with Crippen LogP contribution >= 0.6 is 0 Å². The molecular formula is C19H15F. The average molecular weight is 262 g/mol. The molecule has 3 rings (SSSR count). The minimum atomic E-state index is -0.465. The summed E-state index contributed by atoms with van der Waals surface area (Å²) in [5, 5.41) is 2.31. The number of hydrogen-bond acceptors (Lipinski definition) is 0. The van der Waals surface area contributed by atoms with Crippen molar-refractivity contribution < 1.29 is 4.39 Å². The lowest BCUT2D eigenvalue weighted by atomic mass is 10.00. The number of benzene rings is 3. The zero-order valence-electron chi connectivity index (χ0n) is 11.1. The predicted molar refractivity (Wildman–Crippen MR) is 84.2 cm³/mol. The SMILES string of the molecule is FC/C(=C/c1ccccc1)c1ccc2ccccc2c1. The Hall–Kier alpha value is -2.41. The van der Waals surface area contributed by atoms with E-state index in [2.05, 4.69) is 12.1 Å². The highest BCUT2D eigenvalue weighted by Crippen LogP contribution is 2.23. The molecule has 0 saturated carbocycles. The van der Waals surface area contributed by atoms with Crippen LogP contribution in [0, 0.1) is 0 Å². The first-order valence-electron chi connectivity index (χ1n) is 6.67. The molecule has 0 aromatic heterocycles. The molecule has 0 unspecified atom stereocenters. The van der Waals surface area contributed by atoms with Crippen LogP contribution in [-0.2, 0) is 0 Å². The summed E-state index contributed by atoms with van der Waals surface area (Å²) >= 11 is 0. The fraction of sp³-hybridized carbons (Fsp3) is 0.0526. The van der Waals surface area contributed by atoms with Crippen molar-refractivity contribution >= 4 is 22.4 Å². The first-order chi connectivity index (χ1) is 9.86. The van der Waals surface area contributed by atoms with E-state index in [0.29, 0.717) is 5.57 Å². The summed E-state index contributed by atoms with van der Waals surface area (Å²) < 4.78 is 13.4. The highest BCUT2D eigenvalue weighted by atomic mass is 19.1. The molecule has 0 aliphatic carbocycles. The lowest BCUT2D eigenvalue weighted by Crippen LogP contribution is -1.87. The average Bonchev–Trinajstić information content (AvgIpc) is 2.53. The van der Waals surface area contributed by atoms with Gasteiger partial charge in [0.25, 0.3) is 0 Å². The number of hydrogen-bond donors (Lipinski definition) is 0. The van der Waals surface area contributed by atoms with E-state index in [-0.39, 0.29) is 0 Å². The van der Waals surface area contributed by atoms with Gasteiger partial charge in [-0.3, -0.25) is 0 Å². The molecular weight excluding hydrogens is 247 g/mol. The Morgan fingerprint density at radius 2 is 1.50 bits per heavy atom. The summed E-state index contributed by atoms with van der Waals surface area (Å²) in [5.41, 5.74) is 2.67. The lowest BCUT2D eigenvalue weighted by molar-refractivity contribution is 0.572. The predicted octanol–water partition coefficient (Wildman–Crippen LogP) is 5.35. The first-order valence-corrected chi connectivity index (χ1v) is 6.67. The van der Waals surface area contributed by atoms with E-state index in [0.717, 1.165) is 16.5 Å². The fourth-order valence-electron chi connectivity index (χ4n) is 2.34. The van der Waals surface area contributed by atoms with Gasteiger partial charge in [0.2, 0.25) is 0 Å². The number of halogens is 1. The molecule has 3 aromatic rings. The molecule has 0 radical (unpaired) electrons. The molecule has 20 heavy (non-hydrogen) atoms. The lowest BCUT2D eigenvalue weighted by Gasteiger charge is -2.06. The number of fused-ring (bicyclic) bond motifs is 1. The Balaban J connectivity index is 2.05. The third-order valence-corrected chi connectivity index (χ3v) is 3.40. The van der Waals surface area contributed by atoms with Gasteiger partial charge in [-0.2, -0.15) is 0 Å². The summed E-state index contributed by atoms with van der Waals surface area (Å²) in [6.45, 7) is -0.465. The van der Waals surface area contributed by atoms with Crippen molar-refractivity contribution in [2.75, 3.05) is 6.67 Å². The molecule has 0 amide bonds. The Morgan fingerprint density at radius 1 is 0.800 bits per heavy atom. The minimum Gasteiger partial charge on any atom is -0.246 e. The van der Waals surface area contributed by atoms with E-state index in [4.69, 9.17) is 0 Å². The minimum absolute atomic E-state index is 0.465. The standard InChI is InChI=1S/C19H15F/c20-14-19(12-15-6-2-1-3-7-15)18-11-10-16-8-4-5-9-17(16)13-18/h1-13H,14H2/b19-12-. The number of rotatable bonds is 3. The maximum Gasteiger partial charge on any atom is 0.115 e. The zero-order chi connectivity index (χ0) is 13.8. The van der Waals surface area contributed by atoms with E-state index in [1.165, 1.54) is 5.39 Å². The van der Waals surface area contributed by atoms with E-state index in [1.54, 1.807) is 0 Å². The molecule has 0 atom stereocenters. The molecule has 0 nitrogen and oxygen atoms in total. The van der Waals surface area contributed by atoms with Gasteiger partial charge in [0.05, 0.1) is 0 Å². The molecule has 0 N–H and O–H groups in total. The van der Waals surface area contributed by atoms with Crippen molar-refractivity contribution in [1.29, 1.82) is 0 Å². The van der Waals surface area contributed by atoms with Crippen molar-refractivity contribution in [3.63, 3.8) is 0 Å². The summed E-state index contributed by atoms with van der Waals surface area (Å²) in [6.07, 6.45) is 1.91. The number of alkyl halides is 1. The second kappa shape index (κ2) is 5.70. The molecule has 98 valence electrons. The van der Waals surface area contributed by atoms with Crippen LogP contribution in [0.15, 0.2) is 72.8 Å². The maximum absolute atomic E-state index is 13.4. The van der Waals surface area contributed by atoms with Crippen LogP contribution in [0.1, 0.15) is 11.1 Å². The molecule has 0 spiro atoms. The Morgan fingerprint density at radius 3 is 2.25 bits per heavy atom. The normalized spacial score (nSPS) is 11.8. The third kappa shape index (κ3) is 2.62. The maximum atomic E-state index is 13.4. The van der Waals surface area contributed by atoms with E-state index in [9.17, 15) is 4.39 Å². The summed E-state index contributed by atoms with van der Waals surface area (Å²) in [6, 6.07) is 24.0. The Bertz CT molecular complexity index is 742. The van der Waals surface area contributed by atoms with Crippen LogP contribution in [0.5, 0.6) is 0 Å². The smallest absolute Gasteiger partial charge is 0.115 e. The summed E-state index contributed by atoms with van der Waals surface area (Å²) in [7, 11) is 0. The van der Waals surface area contributed by atoms with Crippen molar-refractivity contribution in [2.24, 2.45) is 0 Å². The van der Waals surface area contributed by atoms with Crippen LogP contribution in [0.2, 0.25) is 0 Å². The van der Waals surface area contributed by atoms with Gasteiger partial charge < -0.3 is 0 Å². The van der Waals surface area contributed by atoms with Crippen LogP contribution in [0.3, 0.4) is 0 Å². The van der Waals surface area contributed by atoms with Crippen LogP contribution in [-0.4, -0.2) is 6.67 Å². The van der Waals surface area contributed by atoms with Gasteiger partial charge in [-0.15, -0.1) is 0 Å². The highest BCUT2D eigenvalue weighted by molar-refractivity contribution is 5.89. The van der Waals surface area contributed by atoms with Crippen molar-refractivity contribution in [3.8, 4) is 0 Å².